The van der Waals surface area contributed by atoms with Gasteiger partial charge in [-0.25, -0.2) is 0 Å². The Hall–Kier alpha value is -2.64. The third-order valence-electron chi connectivity index (χ3n) is 4.45. The van der Waals surface area contributed by atoms with Crippen LogP contribution in [0.25, 0.3) is 0 Å². The summed E-state index contributed by atoms with van der Waals surface area (Å²) >= 11 is 0. The fraction of sp³-hybridized carbons (Fsp3) is 0.368. The highest BCUT2D eigenvalue weighted by Crippen LogP contribution is 2.48. The molecule has 0 bridgehead atoms. The van der Waals surface area contributed by atoms with E-state index < -0.39 is 18.3 Å². The normalized spacial score (nSPS) is 21.4. The van der Waals surface area contributed by atoms with Gasteiger partial charge in [0, 0.05) is 12.1 Å². The lowest BCUT2D eigenvalue weighted by Gasteiger charge is -2.35. The Morgan fingerprint density at radius 3 is 2.12 bits per heavy atom. The van der Waals surface area contributed by atoms with Crippen molar-refractivity contribution in [1.29, 1.82) is 0 Å². The molecule has 2 N–H and O–H groups in total. The Morgan fingerprint density at radius 1 is 0.808 bits per heavy atom. The number of hydrogen-bond acceptors (Lipinski definition) is 7. The van der Waals surface area contributed by atoms with Crippen LogP contribution in [-0.4, -0.2) is 44.8 Å². The second kappa shape index (κ2) is 7.31. The number of ether oxygens (including phenoxy) is 5. The second-order valence-corrected chi connectivity index (χ2v) is 5.83. The zero-order valence-corrected chi connectivity index (χ0v) is 15.1. The average molecular weight is 362 g/mol. The maximum Gasteiger partial charge on any atom is 0.161 e. The van der Waals surface area contributed by atoms with E-state index >= 15 is 0 Å². The topological polar surface area (TPSA) is 86.6 Å². The molecule has 0 spiro atoms. The van der Waals surface area contributed by atoms with Crippen LogP contribution < -0.4 is 23.7 Å². The van der Waals surface area contributed by atoms with Gasteiger partial charge in [-0.2, -0.15) is 0 Å². The SMILES string of the molecule is COc1cc(OC)c2c(c1)O[C@H](c1ccc(OC)c(OC)c1)[C@H](O)[C@H]2O. The molecule has 0 radical (unpaired) electrons. The van der Waals surface area contributed by atoms with Gasteiger partial charge in [0.15, 0.2) is 17.6 Å². The first-order chi connectivity index (χ1) is 12.5. The van der Waals surface area contributed by atoms with Crippen molar-refractivity contribution in [3.63, 3.8) is 0 Å². The molecule has 0 amide bonds. The Kier molecular flexibility index (Phi) is 5.11. The largest absolute Gasteiger partial charge is 0.496 e. The van der Waals surface area contributed by atoms with Crippen molar-refractivity contribution in [3.8, 4) is 28.7 Å². The molecule has 1 aliphatic rings. The van der Waals surface area contributed by atoms with Gasteiger partial charge in [0.1, 0.15) is 29.5 Å². The summed E-state index contributed by atoms with van der Waals surface area (Å²) in [5.41, 5.74) is 1.03. The molecular weight excluding hydrogens is 340 g/mol. The lowest BCUT2D eigenvalue weighted by Crippen LogP contribution is -2.34. The number of fused-ring (bicyclic) bond motifs is 1. The minimum atomic E-state index is -1.19. The van der Waals surface area contributed by atoms with E-state index in [1.807, 2.05) is 0 Å². The van der Waals surface area contributed by atoms with Crippen LogP contribution in [0.1, 0.15) is 23.3 Å². The lowest BCUT2D eigenvalue weighted by molar-refractivity contribution is -0.0711. The van der Waals surface area contributed by atoms with Crippen LogP contribution in [0.2, 0.25) is 0 Å². The van der Waals surface area contributed by atoms with E-state index in [1.54, 1.807) is 37.4 Å². The van der Waals surface area contributed by atoms with Gasteiger partial charge in [0.2, 0.25) is 0 Å². The Morgan fingerprint density at radius 2 is 1.50 bits per heavy atom. The number of benzene rings is 2. The summed E-state index contributed by atoms with van der Waals surface area (Å²) in [6.07, 6.45) is -3.17. The predicted molar refractivity (Wildman–Crippen MR) is 93.4 cm³/mol. The summed E-state index contributed by atoms with van der Waals surface area (Å²) in [7, 11) is 6.08. The van der Waals surface area contributed by atoms with Crippen LogP contribution >= 0.6 is 0 Å². The van der Waals surface area contributed by atoms with Gasteiger partial charge in [-0.1, -0.05) is 6.07 Å². The van der Waals surface area contributed by atoms with Crippen molar-refractivity contribution >= 4 is 0 Å². The van der Waals surface area contributed by atoms with Gasteiger partial charge in [-0.3, -0.25) is 0 Å². The van der Waals surface area contributed by atoms with Crippen LogP contribution in [-0.2, 0) is 0 Å². The summed E-state index contributed by atoms with van der Waals surface area (Å²) < 4.78 is 27.1. The van der Waals surface area contributed by atoms with E-state index in [0.29, 0.717) is 39.9 Å². The van der Waals surface area contributed by atoms with Gasteiger partial charge < -0.3 is 33.9 Å². The minimum absolute atomic E-state index is 0.386. The molecule has 0 aromatic heterocycles. The maximum atomic E-state index is 10.7. The van der Waals surface area contributed by atoms with Gasteiger partial charge in [0.25, 0.3) is 0 Å². The fourth-order valence-electron chi connectivity index (χ4n) is 3.09. The molecule has 7 nitrogen and oxygen atoms in total. The molecule has 2 aromatic rings. The summed E-state index contributed by atoms with van der Waals surface area (Å²) in [4.78, 5) is 0. The molecular formula is C19H22O7. The third kappa shape index (κ3) is 3.00. The van der Waals surface area contributed by atoms with Crippen LogP contribution in [0, 0.1) is 0 Å². The lowest BCUT2D eigenvalue weighted by atomic mass is 9.91. The van der Waals surface area contributed by atoms with Crippen LogP contribution in [0.15, 0.2) is 30.3 Å². The summed E-state index contributed by atoms with van der Waals surface area (Å²) in [6, 6.07) is 8.47. The molecule has 0 saturated heterocycles. The Bertz CT molecular complexity index is 790. The maximum absolute atomic E-state index is 10.7. The first kappa shape index (κ1) is 18.2. The Balaban J connectivity index is 2.05. The molecule has 1 aliphatic heterocycles. The first-order valence-electron chi connectivity index (χ1n) is 8.04. The van der Waals surface area contributed by atoms with Crippen molar-refractivity contribution in [2.24, 2.45) is 0 Å². The van der Waals surface area contributed by atoms with E-state index in [2.05, 4.69) is 0 Å². The molecule has 2 aromatic carbocycles. The summed E-state index contributed by atoms with van der Waals surface area (Å²) in [5.74, 6) is 2.36. The zero-order chi connectivity index (χ0) is 18.8. The fourth-order valence-corrected chi connectivity index (χ4v) is 3.09. The van der Waals surface area contributed by atoms with E-state index in [9.17, 15) is 10.2 Å². The number of hydrogen-bond donors (Lipinski definition) is 2. The predicted octanol–water partition coefficient (Wildman–Crippen LogP) is 2.25. The van der Waals surface area contributed by atoms with E-state index in [1.165, 1.54) is 21.3 Å². The van der Waals surface area contributed by atoms with Crippen molar-refractivity contribution in [2.75, 3.05) is 28.4 Å². The molecule has 7 heteroatoms. The number of methoxy groups -OCH3 is 4. The molecule has 0 aliphatic carbocycles. The van der Waals surface area contributed by atoms with Crippen molar-refractivity contribution < 1.29 is 33.9 Å². The number of rotatable bonds is 5. The van der Waals surface area contributed by atoms with Crippen LogP contribution in [0.4, 0.5) is 0 Å². The van der Waals surface area contributed by atoms with Crippen molar-refractivity contribution in [3.05, 3.63) is 41.5 Å². The monoisotopic (exact) mass is 362 g/mol. The van der Waals surface area contributed by atoms with Crippen LogP contribution in [0.5, 0.6) is 28.7 Å². The molecule has 0 saturated carbocycles. The van der Waals surface area contributed by atoms with E-state index in [4.69, 9.17) is 23.7 Å². The average Bonchev–Trinajstić information content (AvgIpc) is 2.68. The smallest absolute Gasteiger partial charge is 0.161 e. The van der Waals surface area contributed by atoms with E-state index in [0.717, 1.165) is 0 Å². The van der Waals surface area contributed by atoms with Crippen molar-refractivity contribution in [1.82, 2.24) is 0 Å². The molecule has 3 rings (SSSR count). The standard InChI is InChI=1S/C19H22O7/c1-22-11-8-14(25-4)16-15(9-11)26-19(18(21)17(16)20)10-5-6-12(23-2)13(7-10)24-3/h5-9,17-21H,1-4H3/t17-,18+,19+/m0/s1. The highest BCUT2D eigenvalue weighted by Gasteiger charge is 2.40. The Labute approximate surface area is 151 Å². The van der Waals surface area contributed by atoms with Crippen molar-refractivity contribution in [2.45, 2.75) is 18.3 Å². The molecule has 26 heavy (non-hydrogen) atoms. The number of aliphatic hydroxyl groups is 2. The van der Waals surface area contributed by atoms with Gasteiger partial charge in [-0.05, 0) is 17.7 Å². The summed E-state index contributed by atoms with van der Waals surface area (Å²) in [5, 5.41) is 21.3. The molecule has 1 heterocycles. The molecule has 3 atom stereocenters. The highest BCUT2D eigenvalue weighted by atomic mass is 16.5. The highest BCUT2D eigenvalue weighted by molar-refractivity contribution is 5.54. The van der Waals surface area contributed by atoms with Gasteiger partial charge in [0.05, 0.1) is 34.0 Å². The summed E-state index contributed by atoms with van der Waals surface area (Å²) in [6.45, 7) is 0. The zero-order valence-electron chi connectivity index (χ0n) is 15.1. The van der Waals surface area contributed by atoms with E-state index in [-0.39, 0.29) is 0 Å². The molecule has 140 valence electrons. The number of aliphatic hydroxyl groups excluding tert-OH is 2. The van der Waals surface area contributed by atoms with Gasteiger partial charge in [-0.15, -0.1) is 0 Å². The quantitative estimate of drug-likeness (QED) is 0.844. The molecule has 0 unspecified atom stereocenters. The first-order valence-corrected chi connectivity index (χ1v) is 8.04. The van der Waals surface area contributed by atoms with Crippen LogP contribution in [0.3, 0.4) is 0 Å². The van der Waals surface area contributed by atoms with Gasteiger partial charge >= 0.3 is 0 Å². The minimum Gasteiger partial charge on any atom is -0.496 e. The molecule has 0 fully saturated rings. The third-order valence-corrected chi connectivity index (χ3v) is 4.45. The second-order valence-electron chi connectivity index (χ2n) is 5.83.